The number of aliphatic hydroxyl groups excluding tert-OH is 1. The Hall–Kier alpha value is -1.30. The van der Waals surface area contributed by atoms with Crippen molar-refractivity contribution in [1.29, 1.82) is 0 Å². The van der Waals surface area contributed by atoms with E-state index in [0.29, 0.717) is 6.54 Å². The summed E-state index contributed by atoms with van der Waals surface area (Å²) in [7, 11) is 1.69. The molecule has 0 aromatic heterocycles. The van der Waals surface area contributed by atoms with Crippen molar-refractivity contribution in [3.05, 3.63) is 0 Å². The number of hydrogen-bond acceptors (Lipinski definition) is 4. The molecule has 100 valence electrons. The van der Waals surface area contributed by atoms with E-state index in [-0.39, 0.29) is 18.3 Å². The number of carbonyl (C=O) groups is 1. The van der Waals surface area contributed by atoms with Gasteiger partial charge in [0.25, 0.3) is 0 Å². The molecule has 0 saturated carbocycles. The molecule has 0 fully saturated rings. The lowest BCUT2D eigenvalue weighted by Crippen LogP contribution is -2.46. The summed E-state index contributed by atoms with van der Waals surface area (Å²) in [6, 6.07) is 0. The molecule has 0 aliphatic heterocycles. The average molecular weight is 245 g/mol. The Morgan fingerprint density at radius 3 is 2.41 bits per heavy atom. The predicted octanol–water partition coefficient (Wildman–Crippen LogP) is 0.380. The molecule has 0 aromatic rings. The lowest BCUT2D eigenvalue weighted by Gasteiger charge is -2.28. The molecule has 0 aliphatic carbocycles. The van der Waals surface area contributed by atoms with E-state index < -0.39 is 5.41 Å². The fourth-order valence-electron chi connectivity index (χ4n) is 1.45. The van der Waals surface area contributed by atoms with Crippen molar-refractivity contribution < 1.29 is 15.1 Å². The van der Waals surface area contributed by atoms with Crippen LogP contribution in [0.15, 0.2) is 5.16 Å². The van der Waals surface area contributed by atoms with Gasteiger partial charge in [0.2, 0.25) is 5.91 Å². The predicted molar refractivity (Wildman–Crippen MR) is 65.8 cm³/mol. The maximum atomic E-state index is 12.0. The molecular formula is C11H23N3O3. The van der Waals surface area contributed by atoms with Gasteiger partial charge < -0.3 is 20.9 Å². The van der Waals surface area contributed by atoms with Gasteiger partial charge in [-0.15, -0.1) is 0 Å². The van der Waals surface area contributed by atoms with E-state index in [1.165, 1.54) is 0 Å². The molecule has 0 spiro atoms. The molecule has 6 nitrogen and oxygen atoms in total. The maximum absolute atomic E-state index is 12.0. The van der Waals surface area contributed by atoms with Crippen LogP contribution in [0.4, 0.5) is 0 Å². The van der Waals surface area contributed by atoms with Gasteiger partial charge in [0.05, 0.1) is 0 Å². The quantitative estimate of drug-likeness (QED) is 0.198. The molecule has 4 N–H and O–H groups in total. The van der Waals surface area contributed by atoms with Gasteiger partial charge in [-0.25, -0.2) is 0 Å². The first-order chi connectivity index (χ1) is 7.87. The average Bonchev–Trinajstić information content (AvgIpc) is 2.32. The largest absolute Gasteiger partial charge is 0.409 e. The molecule has 0 rings (SSSR count). The second-order valence-corrected chi connectivity index (χ2v) is 4.62. The fourth-order valence-corrected chi connectivity index (χ4v) is 1.45. The van der Waals surface area contributed by atoms with Crippen LogP contribution in [0, 0.1) is 5.41 Å². The molecule has 0 aliphatic rings. The molecule has 0 aromatic carbocycles. The molecule has 0 heterocycles. The summed E-state index contributed by atoms with van der Waals surface area (Å²) in [4.78, 5) is 13.6. The zero-order valence-electron chi connectivity index (χ0n) is 10.8. The van der Waals surface area contributed by atoms with Gasteiger partial charge in [-0.3, -0.25) is 4.79 Å². The third kappa shape index (κ3) is 4.60. The van der Waals surface area contributed by atoms with Crippen molar-refractivity contribution in [2.75, 3.05) is 20.2 Å². The summed E-state index contributed by atoms with van der Waals surface area (Å²) in [6.07, 6.45) is 2.44. The minimum Gasteiger partial charge on any atom is -0.409 e. The summed E-state index contributed by atoms with van der Waals surface area (Å²) in [5.74, 6) is -0.276. The molecule has 6 heteroatoms. The Balaban J connectivity index is 4.30. The summed E-state index contributed by atoms with van der Waals surface area (Å²) in [5, 5.41) is 20.1. The van der Waals surface area contributed by atoms with E-state index in [4.69, 9.17) is 16.0 Å². The van der Waals surface area contributed by atoms with E-state index in [9.17, 15) is 4.79 Å². The number of nitrogens with two attached hydrogens (primary N) is 1. The Morgan fingerprint density at radius 1 is 1.35 bits per heavy atom. The molecule has 1 amide bonds. The van der Waals surface area contributed by atoms with Crippen LogP contribution in [0.2, 0.25) is 0 Å². The van der Waals surface area contributed by atoms with Gasteiger partial charge in [0.15, 0.2) is 5.84 Å². The lowest BCUT2D eigenvalue weighted by atomic mass is 9.90. The monoisotopic (exact) mass is 245 g/mol. The van der Waals surface area contributed by atoms with Crippen LogP contribution in [-0.2, 0) is 4.79 Å². The van der Waals surface area contributed by atoms with Crippen molar-refractivity contribution in [3.63, 3.8) is 0 Å². The molecule has 0 atom stereocenters. The van der Waals surface area contributed by atoms with Crippen LogP contribution in [0.25, 0.3) is 0 Å². The van der Waals surface area contributed by atoms with E-state index in [2.05, 4.69) is 5.16 Å². The maximum Gasteiger partial charge on any atom is 0.235 e. The number of rotatable bonds is 7. The van der Waals surface area contributed by atoms with Gasteiger partial charge in [-0.05, 0) is 33.1 Å². The second kappa shape index (κ2) is 7.11. The minimum atomic E-state index is -1.000. The highest BCUT2D eigenvalue weighted by Gasteiger charge is 2.34. The molecule has 0 saturated heterocycles. The zero-order chi connectivity index (χ0) is 13.5. The molecule has 0 radical (unpaired) electrons. The van der Waals surface area contributed by atoms with Crippen molar-refractivity contribution in [2.45, 2.75) is 33.1 Å². The SMILES string of the molecule is CN(CCCCCO)C(=O)C(C)(C)C(N)=NO. The minimum absolute atomic E-state index is 0.0929. The lowest BCUT2D eigenvalue weighted by molar-refractivity contribution is -0.135. The van der Waals surface area contributed by atoms with Gasteiger partial charge in [0, 0.05) is 20.2 Å². The second-order valence-electron chi connectivity index (χ2n) is 4.62. The third-order valence-electron chi connectivity index (χ3n) is 2.78. The summed E-state index contributed by atoms with van der Waals surface area (Å²) >= 11 is 0. The standard InChI is InChI=1S/C11H23N3O3/c1-11(2,9(12)13-17)10(16)14(3)7-5-4-6-8-15/h15,17H,4-8H2,1-3H3,(H2,12,13). The molecule has 0 unspecified atom stereocenters. The number of aliphatic hydroxyl groups is 1. The smallest absolute Gasteiger partial charge is 0.235 e. The number of amides is 1. The Labute approximate surface area is 102 Å². The highest BCUT2D eigenvalue weighted by atomic mass is 16.4. The van der Waals surface area contributed by atoms with Gasteiger partial charge >= 0.3 is 0 Å². The van der Waals surface area contributed by atoms with Crippen molar-refractivity contribution in [3.8, 4) is 0 Å². The number of hydrogen-bond donors (Lipinski definition) is 3. The van der Waals surface area contributed by atoms with Gasteiger partial charge in [-0.1, -0.05) is 5.16 Å². The normalized spacial score (nSPS) is 12.6. The fraction of sp³-hybridized carbons (Fsp3) is 0.818. The Kier molecular flexibility index (Phi) is 6.57. The third-order valence-corrected chi connectivity index (χ3v) is 2.78. The zero-order valence-corrected chi connectivity index (χ0v) is 10.8. The number of nitrogens with zero attached hydrogens (tertiary/aromatic N) is 2. The topological polar surface area (TPSA) is 99.2 Å². The van der Waals surface area contributed by atoms with E-state index >= 15 is 0 Å². The number of amidine groups is 1. The van der Waals surface area contributed by atoms with Crippen molar-refractivity contribution in [2.24, 2.45) is 16.3 Å². The first-order valence-electron chi connectivity index (χ1n) is 5.72. The van der Waals surface area contributed by atoms with Gasteiger partial charge in [-0.2, -0.15) is 0 Å². The number of unbranched alkanes of at least 4 members (excludes halogenated alkanes) is 2. The summed E-state index contributed by atoms with van der Waals surface area (Å²) in [6.45, 7) is 4.01. The molecular weight excluding hydrogens is 222 g/mol. The first kappa shape index (κ1) is 15.7. The molecule has 0 bridgehead atoms. The van der Waals surface area contributed by atoms with Crippen LogP contribution < -0.4 is 5.73 Å². The number of oxime groups is 1. The van der Waals surface area contributed by atoms with Crippen molar-refractivity contribution >= 4 is 11.7 Å². The van der Waals surface area contributed by atoms with Crippen LogP contribution in [0.5, 0.6) is 0 Å². The summed E-state index contributed by atoms with van der Waals surface area (Å²) in [5.41, 5.74) is 4.49. The molecule has 17 heavy (non-hydrogen) atoms. The van der Waals surface area contributed by atoms with Crippen LogP contribution >= 0.6 is 0 Å². The van der Waals surface area contributed by atoms with Crippen molar-refractivity contribution in [1.82, 2.24) is 4.90 Å². The first-order valence-corrected chi connectivity index (χ1v) is 5.72. The van der Waals surface area contributed by atoms with E-state index in [0.717, 1.165) is 19.3 Å². The van der Waals surface area contributed by atoms with E-state index in [1.54, 1.807) is 25.8 Å². The highest BCUT2D eigenvalue weighted by Crippen LogP contribution is 2.18. The van der Waals surface area contributed by atoms with Gasteiger partial charge in [0.1, 0.15) is 5.41 Å². The number of carbonyl (C=O) groups excluding carboxylic acids is 1. The highest BCUT2D eigenvalue weighted by molar-refractivity contribution is 6.05. The Bertz CT molecular complexity index is 277. The van der Waals surface area contributed by atoms with E-state index in [1.807, 2.05) is 0 Å². The summed E-state index contributed by atoms with van der Waals surface area (Å²) < 4.78 is 0. The van der Waals surface area contributed by atoms with Crippen LogP contribution in [0.1, 0.15) is 33.1 Å². The van der Waals surface area contributed by atoms with Crippen LogP contribution in [-0.4, -0.2) is 47.2 Å². The van der Waals surface area contributed by atoms with Crippen LogP contribution in [0.3, 0.4) is 0 Å². The Morgan fingerprint density at radius 2 is 1.94 bits per heavy atom.